The molecule has 1 aromatic carbocycles. The Morgan fingerprint density at radius 3 is 2.68 bits per heavy atom. The molecule has 1 amide bonds. The number of rotatable bonds is 2. The fraction of sp³-hybridized carbons (Fsp3) is 0.533. The van der Waals surface area contributed by atoms with E-state index in [-0.39, 0.29) is 23.1 Å². The number of alkyl halides is 1. The van der Waals surface area contributed by atoms with Crippen molar-refractivity contribution in [2.75, 3.05) is 7.05 Å². The summed E-state index contributed by atoms with van der Waals surface area (Å²) in [5, 5.41) is 9.90. The topological polar surface area (TPSA) is 40.5 Å². The normalized spacial score (nSPS) is 23.1. The van der Waals surface area contributed by atoms with Gasteiger partial charge in [-0.25, -0.2) is 0 Å². The van der Waals surface area contributed by atoms with Gasteiger partial charge in [-0.3, -0.25) is 4.79 Å². The minimum Gasteiger partial charge on any atom is -0.507 e. The van der Waals surface area contributed by atoms with Gasteiger partial charge in [0.1, 0.15) is 5.75 Å². The highest BCUT2D eigenvalue weighted by atomic mass is 35.5. The second-order valence-corrected chi connectivity index (χ2v) is 5.87. The van der Waals surface area contributed by atoms with Crippen molar-refractivity contribution in [1.29, 1.82) is 0 Å². The van der Waals surface area contributed by atoms with Crippen LogP contribution in [0.4, 0.5) is 0 Å². The highest BCUT2D eigenvalue weighted by Crippen LogP contribution is 2.29. The highest BCUT2D eigenvalue weighted by molar-refractivity contribution is 6.21. The molecule has 3 nitrogen and oxygen atoms in total. The molecule has 4 heteroatoms. The molecule has 0 bridgehead atoms. The van der Waals surface area contributed by atoms with Crippen LogP contribution in [0.1, 0.15) is 41.6 Å². The van der Waals surface area contributed by atoms with Gasteiger partial charge in [-0.2, -0.15) is 0 Å². The van der Waals surface area contributed by atoms with E-state index in [0.29, 0.717) is 5.56 Å². The third-order valence-corrected chi connectivity index (χ3v) is 4.36. The molecule has 0 aliphatic heterocycles. The molecule has 1 saturated carbocycles. The number of benzene rings is 1. The van der Waals surface area contributed by atoms with Crippen molar-refractivity contribution in [2.24, 2.45) is 0 Å². The quantitative estimate of drug-likeness (QED) is 0.845. The molecular formula is C15H20ClNO2. The predicted octanol–water partition coefficient (Wildman–Crippen LogP) is 3.32. The molecule has 1 aliphatic rings. The smallest absolute Gasteiger partial charge is 0.257 e. The molecule has 104 valence electrons. The van der Waals surface area contributed by atoms with Crippen molar-refractivity contribution in [3.63, 3.8) is 0 Å². The fourth-order valence-electron chi connectivity index (χ4n) is 2.67. The largest absolute Gasteiger partial charge is 0.507 e. The lowest BCUT2D eigenvalue weighted by molar-refractivity contribution is 0.0697. The van der Waals surface area contributed by atoms with Crippen LogP contribution >= 0.6 is 11.6 Å². The van der Waals surface area contributed by atoms with Crippen LogP contribution in [0.5, 0.6) is 5.75 Å². The first kappa shape index (κ1) is 14.2. The summed E-state index contributed by atoms with van der Waals surface area (Å²) in [7, 11) is 1.77. The summed E-state index contributed by atoms with van der Waals surface area (Å²) in [5.74, 6) is -0.117. The van der Waals surface area contributed by atoms with Crippen molar-refractivity contribution in [1.82, 2.24) is 4.90 Å². The van der Waals surface area contributed by atoms with E-state index in [2.05, 4.69) is 0 Å². The molecule has 0 aromatic heterocycles. The maximum Gasteiger partial charge on any atom is 0.257 e. The number of carbonyl (C=O) groups excluding carboxylic acids is 1. The molecule has 1 fully saturated rings. The summed E-state index contributed by atoms with van der Waals surface area (Å²) in [5.41, 5.74) is 1.28. The van der Waals surface area contributed by atoms with Crippen LogP contribution in [0.3, 0.4) is 0 Å². The lowest BCUT2D eigenvalue weighted by Gasteiger charge is -2.35. The number of halogens is 1. The maximum atomic E-state index is 12.4. The Balaban J connectivity index is 2.18. The Hall–Kier alpha value is -1.22. The lowest BCUT2D eigenvalue weighted by Crippen LogP contribution is -2.44. The van der Waals surface area contributed by atoms with Crippen molar-refractivity contribution < 1.29 is 9.90 Å². The summed E-state index contributed by atoms with van der Waals surface area (Å²) in [4.78, 5) is 14.1. The van der Waals surface area contributed by atoms with Crippen LogP contribution < -0.4 is 0 Å². The van der Waals surface area contributed by atoms with Crippen molar-refractivity contribution in [3.05, 3.63) is 29.3 Å². The van der Waals surface area contributed by atoms with Crippen molar-refractivity contribution in [3.8, 4) is 5.75 Å². The van der Waals surface area contributed by atoms with Gasteiger partial charge in [-0.05, 0) is 37.5 Å². The Bertz CT molecular complexity index is 475. The first-order valence-electron chi connectivity index (χ1n) is 6.71. The predicted molar refractivity (Wildman–Crippen MR) is 76.8 cm³/mol. The van der Waals surface area contributed by atoms with Gasteiger partial charge in [0.05, 0.1) is 10.9 Å². The number of phenols is 1. The van der Waals surface area contributed by atoms with E-state index in [1.807, 2.05) is 13.0 Å². The van der Waals surface area contributed by atoms with Crippen molar-refractivity contribution >= 4 is 17.5 Å². The van der Waals surface area contributed by atoms with Gasteiger partial charge >= 0.3 is 0 Å². The summed E-state index contributed by atoms with van der Waals surface area (Å²) >= 11 is 6.32. The fourth-order valence-corrected chi connectivity index (χ4v) is 3.11. The van der Waals surface area contributed by atoms with Gasteiger partial charge in [0, 0.05) is 13.1 Å². The first-order chi connectivity index (χ1) is 9.00. The number of nitrogens with zero attached hydrogens (tertiary/aromatic N) is 1. The molecule has 2 unspecified atom stereocenters. The number of carbonyl (C=O) groups is 1. The van der Waals surface area contributed by atoms with E-state index < -0.39 is 0 Å². The Labute approximate surface area is 119 Å². The van der Waals surface area contributed by atoms with Gasteiger partial charge < -0.3 is 10.0 Å². The van der Waals surface area contributed by atoms with Gasteiger partial charge in [-0.1, -0.05) is 18.9 Å². The van der Waals surface area contributed by atoms with Gasteiger partial charge in [-0.15, -0.1) is 11.6 Å². The molecule has 0 heterocycles. The second-order valence-electron chi connectivity index (χ2n) is 5.30. The van der Waals surface area contributed by atoms with Crippen LogP contribution in [-0.4, -0.2) is 34.4 Å². The van der Waals surface area contributed by atoms with E-state index in [1.165, 1.54) is 0 Å². The van der Waals surface area contributed by atoms with Crippen molar-refractivity contribution in [2.45, 2.75) is 44.0 Å². The van der Waals surface area contributed by atoms with E-state index in [4.69, 9.17) is 11.6 Å². The number of amides is 1. The molecule has 2 atom stereocenters. The van der Waals surface area contributed by atoms with Gasteiger partial charge in [0.2, 0.25) is 0 Å². The van der Waals surface area contributed by atoms with Crippen LogP contribution in [0.2, 0.25) is 0 Å². The van der Waals surface area contributed by atoms with Crippen LogP contribution in [0, 0.1) is 6.92 Å². The minimum absolute atomic E-state index is 0.00953. The molecule has 0 radical (unpaired) electrons. The summed E-state index contributed by atoms with van der Waals surface area (Å²) in [6.07, 6.45) is 4.11. The number of hydrogen-bond donors (Lipinski definition) is 1. The van der Waals surface area contributed by atoms with E-state index in [1.54, 1.807) is 24.1 Å². The SMILES string of the molecule is Cc1ccc(C(=O)N(C)C2CCCCC2Cl)c(O)c1. The van der Waals surface area contributed by atoms with Crippen LogP contribution in [0.25, 0.3) is 0 Å². The summed E-state index contributed by atoms with van der Waals surface area (Å²) in [6, 6.07) is 5.18. The second kappa shape index (κ2) is 5.83. The average Bonchev–Trinajstić information content (AvgIpc) is 2.38. The standard InChI is InChI=1S/C15H20ClNO2/c1-10-7-8-11(14(18)9-10)15(19)17(2)13-6-4-3-5-12(13)16/h7-9,12-13,18H,3-6H2,1-2H3. The van der Waals surface area contributed by atoms with Crippen LogP contribution in [-0.2, 0) is 0 Å². The number of phenolic OH excluding ortho intramolecular Hbond substituents is 1. The van der Waals surface area contributed by atoms with E-state index in [9.17, 15) is 9.90 Å². The summed E-state index contributed by atoms with van der Waals surface area (Å²) < 4.78 is 0. The molecule has 19 heavy (non-hydrogen) atoms. The molecule has 2 rings (SSSR count). The Morgan fingerprint density at radius 1 is 1.37 bits per heavy atom. The van der Waals surface area contributed by atoms with E-state index in [0.717, 1.165) is 31.2 Å². The highest BCUT2D eigenvalue weighted by Gasteiger charge is 2.30. The third-order valence-electron chi connectivity index (χ3n) is 3.85. The molecule has 1 aliphatic carbocycles. The molecular weight excluding hydrogens is 262 g/mol. The molecule has 1 N–H and O–H groups in total. The maximum absolute atomic E-state index is 12.4. The Kier molecular flexibility index (Phi) is 4.35. The molecule has 0 saturated heterocycles. The summed E-state index contributed by atoms with van der Waals surface area (Å²) in [6.45, 7) is 1.88. The van der Waals surface area contributed by atoms with Gasteiger partial charge in [0.25, 0.3) is 5.91 Å². The van der Waals surface area contributed by atoms with Crippen LogP contribution in [0.15, 0.2) is 18.2 Å². The number of hydrogen-bond acceptors (Lipinski definition) is 2. The number of aryl methyl sites for hydroxylation is 1. The minimum atomic E-state index is -0.157. The average molecular weight is 282 g/mol. The monoisotopic (exact) mass is 281 g/mol. The van der Waals surface area contributed by atoms with Gasteiger partial charge in [0.15, 0.2) is 0 Å². The zero-order chi connectivity index (χ0) is 14.0. The number of aromatic hydroxyl groups is 1. The Morgan fingerprint density at radius 2 is 2.05 bits per heavy atom. The zero-order valence-corrected chi connectivity index (χ0v) is 12.2. The third kappa shape index (κ3) is 3.03. The first-order valence-corrected chi connectivity index (χ1v) is 7.15. The lowest BCUT2D eigenvalue weighted by atomic mass is 9.93. The molecule has 1 aromatic rings. The zero-order valence-electron chi connectivity index (χ0n) is 11.4. The molecule has 0 spiro atoms. The van der Waals surface area contributed by atoms with E-state index >= 15 is 0 Å².